The van der Waals surface area contributed by atoms with Gasteiger partial charge in [0.1, 0.15) is 10.8 Å². The van der Waals surface area contributed by atoms with E-state index in [1.807, 2.05) is 12.1 Å². The fourth-order valence-corrected chi connectivity index (χ4v) is 7.36. The zero-order valence-corrected chi connectivity index (χ0v) is 17.3. The molecule has 2 atom stereocenters. The van der Waals surface area contributed by atoms with Crippen molar-refractivity contribution < 1.29 is 22.8 Å². The van der Waals surface area contributed by atoms with E-state index in [1.54, 1.807) is 6.07 Å². The molecule has 30 heavy (non-hydrogen) atoms. The van der Waals surface area contributed by atoms with Gasteiger partial charge in [-0.05, 0) is 30.0 Å². The fraction of sp³-hybridized carbons (Fsp3) is 0.550. The molecular formula is C20H24N4O5S. The Balaban J connectivity index is 1.34. The minimum atomic E-state index is -3.12. The third kappa shape index (κ3) is 2.81. The van der Waals surface area contributed by atoms with Crippen LogP contribution in [0.15, 0.2) is 18.2 Å². The van der Waals surface area contributed by atoms with Crippen molar-refractivity contribution >= 4 is 27.6 Å². The van der Waals surface area contributed by atoms with Crippen LogP contribution in [0.4, 0.5) is 0 Å². The normalized spacial score (nSPS) is 29.1. The van der Waals surface area contributed by atoms with Crippen molar-refractivity contribution in [2.24, 2.45) is 0 Å². The van der Waals surface area contributed by atoms with Crippen LogP contribution < -0.4 is 16.0 Å². The Morgan fingerprint density at radius 2 is 1.97 bits per heavy atom. The minimum absolute atomic E-state index is 0.122. The van der Waals surface area contributed by atoms with Crippen LogP contribution >= 0.6 is 0 Å². The SMILES string of the molecule is O=C1CCC(N2Cc3c(CNC4CCS(=O)(=O)C45CNC5)cccc3C2=O)C(=O)N1. The third-order valence-corrected chi connectivity index (χ3v) is 9.58. The molecule has 3 amide bonds. The van der Waals surface area contributed by atoms with Gasteiger partial charge in [0, 0.05) is 44.2 Å². The molecule has 3 fully saturated rings. The number of hydrogen-bond donors (Lipinski definition) is 3. The Bertz CT molecular complexity index is 1050. The van der Waals surface area contributed by atoms with Gasteiger partial charge in [-0.2, -0.15) is 0 Å². The van der Waals surface area contributed by atoms with E-state index in [4.69, 9.17) is 0 Å². The van der Waals surface area contributed by atoms with Gasteiger partial charge in [0.15, 0.2) is 9.84 Å². The maximum absolute atomic E-state index is 12.9. The van der Waals surface area contributed by atoms with Gasteiger partial charge in [-0.15, -0.1) is 0 Å². The molecule has 0 radical (unpaired) electrons. The lowest BCUT2D eigenvalue weighted by molar-refractivity contribution is -0.136. The highest BCUT2D eigenvalue weighted by Crippen LogP contribution is 2.36. The van der Waals surface area contributed by atoms with Crippen LogP contribution in [0.5, 0.6) is 0 Å². The summed E-state index contributed by atoms with van der Waals surface area (Å²) < 4.78 is 24.3. The first-order valence-electron chi connectivity index (χ1n) is 10.2. The zero-order chi connectivity index (χ0) is 21.1. The van der Waals surface area contributed by atoms with Crippen LogP contribution in [0.2, 0.25) is 0 Å². The Morgan fingerprint density at radius 1 is 1.17 bits per heavy atom. The number of benzene rings is 1. The number of carbonyl (C=O) groups is 3. The van der Waals surface area contributed by atoms with Gasteiger partial charge in [0.05, 0.1) is 5.75 Å². The van der Waals surface area contributed by atoms with Crippen LogP contribution in [0, 0.1) is 0 Å². The highest BCUT2D eigenvalue weighted by atomic mass is 32.2. The highest BCUT2D eigenvalue weighted by Gasteiger charge is 2.58. The number of rotatable bonds is 4. The van der Waals surface area contributed by atoms with E-state index < -0.39 is 26.5 Å². The molecule has 1 spiro atoms. The average Bonchev–Trinajstić information content (AvgIpc) is 3.14. The monoisotopic (exact) mass is 432 g/mol. The summed E-state index contributed by atoms with van der Waals surface area (Å²) in [6.45, 7) is 1.72. The molecule has 0 aromatic heterocycles. The van der Waals surface area contributed by atoms with Gasteiger partial charge < -0.3 is 15.5 Å². The Labute approximate surface area is 174 Å². The summed E-state index contributed by atoms with van der Waals surface area (Å²) in [6, 6.07) is 4.73. The quantitative estimate of drug-likeness (QED) is 0.525. The Morgan fingerprint density at radius 3 is 2.67 bits per heavy atom. The summed E-state index contributed by atoms with van der Waals surface area (Å²) in [6.07, 6.45) is 1.13. The van der Waals surface area contributed by atoms with Crippen LogP contribution in [0.1, 0.15) is 40.7 Å². The molecule has 3 N–H and O–H groups in total. The largest absolute Gasteiger partial charge is 0.322 e. The van der Waals surface area contributed by atoms with Crippen molar-refractivity contribution in [3.63, 3.8) is 0 Å². The van der Waals surface area contributed by atoms with Crippen molar-refractivity contribution in [3.8, 4) is 0 Å². The number of hydrogen-bond acceptors (Lipinski definition) is 7. The van der Waals surface area contributed by atoms with Crippen LogP contribution in [0.25, 0.3) is 0 Å². The van der Waals surface area contributed by atoms with Crippen molar-refractivity contribution in [1.82, 2.24) is 20.9 Å². The molecule has 10 heteroatoms. The second kappa shape index (κ2) is 6.86. The number of sulfone groups is 1. The Hall–Kier alpha value is -2.30. The molecule has 3 saturated heterocycles. The summed E-state index contributed by atoms with van der Waals surface area (Å²) in [5.74, 6) is -0.746. The van der Waals surface area contributed by atoms with Crippen LogP contribution in [-0.2, 0) is 32.5 Å². The summed E-state index contributed by atoms with van der Waals surface area (Å²) >= 11 is 0. The van der Waals surface area contributed by atoms with Gasteiger partial charge in [-0.1, -0.05) is 12.1 Å². The van der Waals surface area contributed by atoms with Crippen LogP contribution in [-0.4, -0.2) is 66.7 Å². The molecule has 9 nitrogen and oxygen atoms in total. The maximum Gasteiger partial charge on any atom is 0.255 e. The van der Waals surface area contributed by atoms with Gasteiger partial charge >= 0.3 is 0 Å². The molecule has 1 aromatic carbocycles. The Kier molecular flexibility index (Phi) is 4.49. The number of carbonyl (C=O) groups excluding carboxylic acids is 3. The van der Waals surface area contributed by atoms with E-state index in [1.165, 1.54) is 4.90 Å². The molecule has 4 aliphatic heterocycles. The molecule has 2 unspecified atom stereocenters. The predicted octanol–water partition coefficient (Wildman–Crippen LogP) is -0.934. The second-order valence-electron chi connectivity index (χ2n) is 8.55. The second-order valence-corrected chi connectivity index (χ2v) is 11.0. The number of nitrogens with zero attached hydrogens (tertiary/aromatic N) is 1. The topological polar surface area (TPSA) is 125 Å². The molecule has 4 heterocycles. The average molecular weight is 433 g/mol. The number of piperidine rings is 1. The summed E-state index contributed by atoms with van der Waals surface area (Å²) in [7, 11) is -3.12. The standard InChI is InChI=1S/C20H24N4O5S/c25-17-5-4-15(18(26)23-17)24-9-14-12(2-1-3-13(14)19(24)27)8-22-16-6-7-30(28,29)20(16)10-21-11-20/h1-3,15-16,21-22H,4-11H2,(H,23,25,26). The minimum Gasteiger partial charge on any atom is -0.322 e. The zero-order valence-electron chi connectivity index (χ0n) is 16.4. The maximum atomic E-state index is 12.9. The highest BCUT2D eigenvalue weighted by molar-refractivity contribution is 7.93. The fourth-order valence-electron chi connectivity index (χ4n) is 5.13. The molecule has 0 bridgehead atoms. The predicted molar refractivity (Wildman–Crippen MR) is 107 cm³/mol. The number of amides is 3. The summed E-state index contributed by atoms with van der Waals surface area (Å²) in [4.78, 5) is 38.1. The first-order chi connectivity index (χ1) is 14.3. The van der Waals surface area contributed by atoms with Gasteiger partial charge in [-0.3, -0.25) is 19.7 Å². The lowest BCUT2D eigenvalue weighted by atomic mass is 9.91. The van der Waals surface area contributed by atoms with E-state index in [9.17, 15) is 22.8 Å². The summed E-state index contributed by atoms with van der Waals surface area (Å²) in [5.41, 5.74) is 2.36. The lowest BCUT2D eigenvalue weighted by Gasteiger charge is -2.42. The molecule has 1 aromatic rings. The summed E-state index contributed by atoms with van der Waals surface area (Å²) in [5, 5.41) is 8.83. The van der Waals surface area contributed by atoms with E-state index in [-0.39, 0.29) is 30.0 Å². The number of fused-ring (bicyclic) bond motifs is 1. The van der Waals surface area contributed by atoms with Crippen molar-refractivity contribution in [2.75, 3.05) is 18.8 Å². The molecule has 5 rings (SSSR count). The van der Waals surface area contributed by atoms with Gasteiger partial charge in [0.25, 0.3) is 5.91 Å². The lowest BCUT2D eigenvalue weighted by Crippen LogP contribution is -2.69. The van der Waals surface area contributed by atoms with Gasteiger partial charge in [-0.25, -0.2) is 8.42 Å². The van der Waals surface area contributed by atoms with Crippen LogP contribution in [0.3, 0.4) is 0 Å². The first kappa shape index (κ1) is 19.7. The van der Waals surface area contributed by atoms with E-state index in [2.05, 4.69) is 16.0 Å². The number of nitrogens with one attached hydrogen (secondary N) is 3. The third-order valence-electron chi connectivity index (χ3n) is 7.00. The van der Waals surface area contributed by atoms with E-state index >= 15 is 0 Å². The number of imide groups is 1. The molecule has 0 saturated carbocycles. The molecular weight excluding hydrogens is 408 g/mol. The molecule has 0 aliphatic carbocycles. The molecule has 4 aliphatic rings. The van der Waals surface area contributed by atoms with Crippen molar-refractivity contribution in [1.29, 1.82) is 0 Å². The van der Waals surface area contributed by atoms with E-state index in [0.29, 0.717) is 44.6 Å². The molecule has 160 valence electrons. The van der Waals surface area contributed by atoms with Crippen molar-refractivity contribution in [3.05, 3.63) is 34.9 Å². The van der Waals surface area contributed by atoms with Crippen molar-refractivity contribution in [2.45, 2.75) is 49.2 Å². The smallest absolute Gasteiger partial charge is 0.255 e. The van der Waals surface area contributed by atoms with E-state index in [0.717, 1.165) is 11.1 Å². The first-order valence-corrected chi connectivity index (χ1v) is 11.9. The van der Waals surface area contributed by atoms with Gasteiger partial charge in [0.2, 0.25) is 11.8 Å².